The Kier molecular flexibility index (Phi) is 4.40. The first-order valence-electron chi connectivity index (χ1n) is 7.81. The minimum absolute atomic E-state index is 0.00228. The second kappa shape index (κ2) is 6.19. The number of hydrogen-bond donors (Lipinski definition) is 3. The highest BCUT2D eigenvalue weighted by molar-refractivity contribution is 8.45. The third-order valence-corrected chi connectivity index (χ3v) is 4.99. The molecule has 0 fully saturated rings. The molecule has 0 atom stereocenters. The van der Waals surface area contributed by atoms with Gasteiger partial charge in [0.1, 0.15) is 22.1 Å². The molecule has 5 N–H and O–H groups in total. The van der Waals surface area contributed by atoms with E-state index in [1.807, 2.05) is 0 Å². The summed E-state index contributed by atoms with van der Waals surface area (Å²) < 4.78 is 83.6. The van der Waals surface area contributed by atoms with Crippen LogP contribution in [0.4, 0.5) is 35.2 Å². The van der Waals surface area contributed by atoms with Gasteiger partial charge in [-0.1, -0.05) is 19.4 Å². The van der Waals surface area contributed by atoms with E-state index >= 15 is 0 Å². The average molecular weight is 436 g/mol. The van der Waals surface area contributed by atoms with Crippen LogP contribution in [0.5, 0.6) is 11.6 Å². The molecule has 0 spiro atoms. The highest BCUT2D eigenvalue weighted by Crippen LogP contribution is 3.02. The van der Waals surface area contributed by atoms with Crippen LogP contribution in [0.2, 0.25) is 0 Å². The van der Waals surface area contributed by atoms with Crippen molar-refractivity contribution in [1.29, 1.82) is 0 Å². The molecule has 0 saturated carbocycles. The maximum absolute atomic E-state index is 14.1. The molecule has 0 bridgehead atoms. The van der Waals surface area contributed by atoms with Gasteiger partial charge in [0.15, 0.2) is 0 Å². The first-order valence-corrected chi connectivity index (χ1v) is 9.76. The number of pyridine rings is 1. The molecule has 0 amide bonds. The Morgan fingerprint density at radius 3 is 2.17 bits per heavy atom. The summed E-state index contributed by atoms with van der Waals surface area (Å²) in [5.74, 6) is 4.17. The number of hydrazine groups is 1. The second-order valence-corrected chi connectivity index (χ2v) is 8.37. The summed E-state index contributed by atoms with van der Waals surface area (Å²) in [7, 11) is -9.79. The number of benzene rings is 2. The maximum atomic E-state index is 14.1. The monoisotopic (exact) mass is 436 g/mol. The lowest BCUT2D eigenvalue weighted by atomic mass is 10.1. The van der Waals surface area contributed by atoms with Crippen LogP contribution >= 0.6 is 10.2 Å². The number of nitrogens with two attached hydrogens (primary N) is 2. The van der Waals surface area contributed by atoms with Crippen LogP contribution in [0.1, 0.15) is 0 Å². The largest absolute Gasteiger partial charge is 0.438 e. The van der Waals surface area contributed by atoms with E-state index in [0.717, 1.165) is 18.2 Å². The topological polar surface area (TPSA) is 86.2 Å². The third kappa shape index (κ3) is 4.49. The van der Waals surface area contributed by atoms with Crippen LogP contribution in [0.15, 0.2) is 59.6 Å². The smallest absolute Gasteiger partial charge is 0.310 e. The zero-order valence-corrected chi connectivity index (χ0v) is 15.2. The Bertz CT molecular complexity index is 1050. The fourth-order valence-corrected chi connectivity index (χ4v) is 3.15. The zero-order chi connectivity index (χ0) is 21.5. The van der Waals surface area contributed by atoms with Gasteiger partial charge in [0.05, 0.1) is 5.69 Å². The zero-order valence-electron chi connectivity index (χ0n) is 14.4. The molecule has 3 rings (SSSR count). The maximum Gasteiger partial charge on any atom is 0.310 e. The van der Waals surface area contributed by atoms with Crippen molar-refractivity contribution in [3.63, 3.8) is 0 Å². The molecule has 3 aromatic rings. The van der Waals surface area contributed by atoms with Crippen molar-refractivity contribution in [2.45, 2.75) is 4.90 Å². The average Bonchev–Trinajstić information content (AvgIpc) is 2.60. The van der Waals surface area contributed by atoms with E-state index in [9.17, 15) is 23.8 Å². The minimum Gasteiger partial charge on any atom is -0.438 e. The van der Waals surface area contributed by atoms with Crippen LogP contribution in [0.3, 0.4) is 0 Å². The predicted octanol–water partition coefficient (Wildman–Crippen LogP) is 6.21. The number of halogens is 6. The van der Waals surface area contributed by atoms with Gasteiger partial charge < -0.3 is 15.9 Å². The van der Waals surface area contributed by atoms with E-state index in [0.29, 0.717) is 0 Å². The molecule has 29 heavy (non-hydrogen) atoms. The number of nitrogens with zero attached hydrogens (tertiary/aromatic N) is 1. The first-order chi connectivity index (χ1) is 13.3. The summed E-state index contributed by atoms with van der Waals surface area (Å²) in [6, 6.07) is 7.44. The van der Waals surface area contributed by atoms with Gasteiger partial charge in [-0.2, -0.15) is 0 Å². The molecule has 5 nitrogen and oxygen atoms in total. The number of nitrogen functional groups attached to an aromatic ring is 2. The van der Waals surface area contributed by atoms with Gasteiger partial charge >= 0.3 is 10.2 Å². The van der Waals surface area contributed by atoms with Crippen molar-refractivity contribution < 1.29 is 28.6 Å². The third-order valence-electron chi connectivity index (χ3n) is 3.83. The molecule has 1 aromatic heterocycles. The fourth-order valence-electron chi connectivity index (χ4n) is 2.50. The fraction of sp³-hybridized carbons (Fsp3) is 0. The van der Waals surface area contributed by atoms with Crippen molar-refractivity contribution in [2.75, 3.05) is 11.2 Å². The van der Waals surface area contributed by atoms with Gasteiger partial charge in [0, 0.05) is 11.8 Å². The summed E-state index contributed by atoms with van der Waals surface area (Å²) in [6.07, 6.45) is 1.33. The number of aromatic nitrogens is 1. The van der Waals surface area contributed by atoms with Crippen LogP contribution in [-0.4, -0.2) is 4.98 Å². The molecule has 0 aliphatic carbocycles. The van der Waals surface area contributed by atoms with Gasteiger partial charge in [0.25, 0.3) is 0 Å². The molecule has 2 aromatic carbocycles. The molecule has 0 saturated heterocycles. The number of anilines is 2. The Labute approximate surface area is 161 Å². The minimum atomic E-state index is -9.79. The molecular formula is C17H14F6N4OS. The number of ether oxygens (including phenoxy) is 1. The lowest BCUT2D eigenvalue weighted by Gasteiger charge is -2.40. The van der Waals surface area contributed by atoms with Crippen molar-refractivity contribution in [1.82, 2.24) is 4.98 Å². The van der Waals surface area contributed by atoms with E-state index in [4.69, 9.17) is 16.3 Å². The predicted molar refractivity (Wildman–Crippen MR) is 99.8 cm³/mol. The molecule has 1 heterocycles. The number of hydrogen-bond acceptors (Lipinski definition) is 5. The number of rotatable bonds is 5. The second-order valence-electron chi connectivity index (χ2n) is 5.97. The van der Waals surface area contributed by atoms with Crippen molar-refractivity contribution >= 4 is 21.6 Å². The van der Waals surface area contributed by atoms with E-state index in [2.05, 4.69) is 10.4 Å². The highest BCUT2D eigenvalue weighted by atomic mass is 32.5. The normalized spacial score (nSPS) is 14.0. The quantitative estimate of drug-likeness (QED) is 0.192. The lowest BCUT2D eigenvalue weighted by Crippen LogP contribution is -2.11. The van der Waals surface area contributed by atoms with E-state index in [1.165, 1.54) is 24.4 Å². The number of nitrogens with one attached hydrogen (secondary N) is 1. The summed E-state index contributed by atoms with van der Waals surface area (Å²) >= 11 is 0. The molecular weight excluding hydrogens is 422 g/mol. The van der Waals surface area contributed by atoms with E-state index in [1.54, 1.807) is 0 Å². The highest BCUT2D eigenvalue weighted by Gasteiger charge is 2.65. The molecule has 0 aliphatic rings. The van der Waals surface area contributed by atoms with Crippen LogP contribution in [-0.2, 0) is 0 Å². The van der Waals surface area contributed by atoms with Gasteiger partial charge in [0.2, 0.25) is 5.88 Å². The first kappa shape index (κ1) is 20.6. The van der Waals surface area contributed by atoms with Gasteiger partial charge in [-0.15, -0.1) is 0 Å². The molecule has 0 radical (unpaired) electrons. The van der Waals surface area contributed by atoms with Crippen molar-refractivity contribution in [3.8, 4) is 22.8 Å². The van der Waals surface area contributed by atoms with Crippen LogP contribution in [0, 0.1) is 5.82 Å². The molecule has 156 valence electrons. The molecule has 0 aliphatic heterocycles. The molecule has 0 unspecified atom stereocenters. The molecule has 12 heteroatoms. The standard InChI is InChI=1S/C17H14F6N4OS/c18-14-8-10(9-15(24)16(14)27-25)13-2-1-7-26-17(13)28-11-3-5-12(6-4-11)29(19,20,21,22)23/h1-9,27H,24-25H2. The summed E-state index contributed by atoms with van der Waals surface area (Å²) in [5, 5.41) is 0. The van der Waals surface area contributed by atoms with Gasteiger partial charge in [-0.3, -0.25) is 5.84 Å². The van der Waals surface area contributed by atoms with E-state index in [-0.39, 0.29) is 46.3 Å². The lowest BCUT2D eigenvalue weighted by molar-refractivity contribution is 0.363. The van der Waals surface area contributed by atoms with Crippen molar-refractivity contribution in [3.05, 3.63) is 60.5 Å². The summed E-state index contributed by atoms with van der Waals surface area (Å²) in [4.78, 5) is 1.92. The van der Waals surface area contributed by atoms with Crippen LogP contribution in [0.25, 0.3) is 11.1 Å². The van der Waals surface area contributed by atoms with Crippen LogP contribution < -0.4 is 21.7 Å². The van der Waals surface area contributed by atoms with Crippen molar-refractivity contribution in [2.24, 2.45) is 5.84 Å². The van der Waals surface area contributed by atoms with Gasteiger partial charge in [-0.25, -0.2) is 9.37 Å². The Hall–Kier alpha value is -3.12. The Morgan fingerprint density at radius 1 is 0.966 bits per heavy atom. The SMILES string of the molecule is NNc1c(N)cc(-c2cccnc2Oc2ccc(S(F)(F)(F)(F)F)cc2)cc1F. The van der Waals surface area contributed by atoms with Gasteiger partial charge in [-0.05, 0) is 54.1 Å². The Balaban J connectivity index is 1.97. The summed E-state index contributed by atoms with van der Waals surface area (Å²) in [5.41, 5.74) is 8.26. The summed E-state index contributed by atoms with van der Waals surface area (Å²) in [6.45, 7) is 0. The van der Waals surface area contributed by atoms with E-state index < -0.39 is 20.9 Å². The Morgan fingerprint density at radius 2 is 1.62 bits per heavy atom.